The molecule has 5 rings (SSSR count). The molecule has 172 valence electrons. The number of fused-ring (bicyclic) bond motifs is 1. The SMILES string of the molecule is Cc1noc(C#Cc2nc3oc(C4(C(=O)O)CC4)nc3o2)c1NC(=O)OC(C)c1ccccc1. The quantitative estimate of drug-likeness (QED) is 0.417. The molecule has 3 heterocycles. The molecule has 1 amide bonds. The highest BCUT2D eigenvalue weighted by molar-refractivity contribution is 5.87. The van der Waals surface area contributed by atoms with Gasteiger partial charge in [0, 0.05) is 5.92 Å². The lowest BCUT2D eigenvalue weighted by Gasteiger charge is -2.13. The van der Waals surface area contributed by atoms with Gasteiger partial charge < -0.3 is 23.2 Å². The number of hydrogen-bond acceptors (Lipinski definition) is 9. The van der Waals surface area contributed by atoms with E-state index in [2.05, 4.69) is 32.3 Å². The van der Waals surface area contributed by atoms with Gasteiger partial charge in [0.1, 0.15) is 22.9 Å². The van der Waals surface area contributed by atoms with Gasteiger partial charge in [-0.2, -0.15) is 9.97 Å². The van der Waals surface area contributed by atoms with Crippen molar-refractivity contribution in [3.8, 4) is 11.8 Å². The van der Waals surface area contributed by atoms with E-state index in [1.54, 1.807) is 13.8 Å². The van der Waals surface area contributed by atoms with Gasteiger partial charge in [0.2, 0.25) is 11.7 Å². The second kappa shape index (κ2) is 8.08. The molecule has 4 aromatic rings. The van der Waals surface area contributed by atoms with E-state index in [1.807, 2.05) is 30.3 Å². The summed E-state index contributed by atoms with van der Waals surface area (Å²) < 4.78 is 21.5. The number of hydrogen-bond donors (Lipinski definition) is 2. The maximum Gasteiger partial charge on any atom is 0.412 e. The number of oxazole rings is 2. The summed E-state index contributed by atoms with van der Waals surface area (Å²) >= 11 is 0. The van der Waals surface area contributed by atoms with Crippen molar-refractivity contribution in [3.63, 3.8) is 0 Å². The molecule has 1 aromatic carbocycles. The minimum Gasteiger partial charge on any atom is -0.480 e. The number of carbonyl (C=O) groups is 2. The van der Waals surface area contributed by atoms with Crippen LogP contribution in [-0.4, -0.2) is 32.3 Å². The lowest BCUT2D eigenvalue weighted by atomic mass is 10.1. The minimum absolute atomic E-state index is 0.0201. The van der Waals surface area contributed by atoms with Gasteiger partial charge in [0.25, 0.3) is 17.3 Å². The van der Waals surface area contributed by atoms with Crippen molar-refractivity contribution in [2.75, 3.05) is 5.32 Å². The number of rotatable bonds is 5. The van der Waals surface area contributed by atoms with Gasteiger partial charge in [-0.3, -0.25) is 10.1 Å². The zero-order valence-corrected chi connectivity index (χ0v) is 18.1. The van der Waals surface area contributed by atoms with Crippen LogP contribution < -0.4 is 5.32 Å². The number of aromatic nitrogens is 3. The molecule has 1 aliphatic rings. The summed E-state index contributed by atoms with van der Waals surface area (Å²) in [5, 5.41) is 15.8. The first-order valence-corrected chi connectivity index (χ1v) is 10.4. The Bertz CT molecular complexity index is 1420. The smallest absolute Gasteiger partial charge is 0.412 e. The van der Waals surface area contributed by atoms with Crippen LogP contribution in [0.3, 0.4) is 0 Å². The zero-order chi connectivity index (χ0) is 23.9. The molecule has 0 saturated heterocycles. The molecule has 3 aromatic heterocycles. The summed E-state index contributed by atoms with van der Waals surface area (Å²) in [5.41, 5.74) is 0.519. The second-order valence-electron chi connectivity index (χ2n) is 7.84. The van der Waals surface area contributed by atoms with Crippen LogP contribution in [0, 0.1) is 18.8 Å². The number of benzene rings is 1. The highest BCUT2D eigenvalue weighted by Crippen LogP contribution is 2.48. The van der Waals surface area contributed by atoms with Gasteiger partial charge in [-0.25, -0.2) is 4.79 Å². The monoisotopic (exact) mass is 462 g/mol. The van der Waals surface area contributed by atoms with Crippen molar-refractivity contribution in [3.05, 3.63) is 59.1 Å². The lowest BCUT2D eigenvalue weighted by molar-refractivity contribution is -0.140. The molecular weight excluding hydrogens is 444 g/mol. The number of ether oxygens (including phenoxy) is 1. The van der Waals surface area contributed by atoms with E-state index in [1.165, 1.54) is 0 Å². The Kier molecular flexibility index (Phi) is 5.05. The number of carboxylic acid groups (broad SMARTS) is 1. The third kappa shape index (κ3) is 3.86. The summed E-state index contributed by atoms with van der Waals surface area (Å²) in [7, 11) is 0. The summed E-state index contributed by atoms with van der Waals surface area (Å²) in [6.07, 6.45) is -0.258. The molecule has 2 N–H and O–H groups in total. The van der Waals surface area contributed by atoms with E-state index in [0.717, 1.165) is 5.56 Å². The van der Waals surface area contributed by atoms with Crippen LogP contribution in [0.15, 0.2) is 43.7 Å². The maximum absolute atomic E-state index is 12.4. The number of carbonyl (C=O) groups excluding carboxylic acids is 1. The van der Waals surface area contributed by atoms with Gasteiger partial charge in [-0.15, -0.1) is 0 Å². The molecule has 1 aliphatic carbocycles. The lowest BCUT2D eigenvalue weighted by Crippen LogP contribution is -2.19. The summed E-state index contributed by atoms with van der Waals surface area (Å²) in [4.78, 5) is 32.0. The fourth-order valence-corrected chi connectivity index (χ4v) is 3.34. The number of amides is 1. The van der Waals surface area contributed by atoms with Crippen LogP contribution in [0.4, 0.5) is 10.5 Å². The molecule has 1 unspecified atom stereocenters. The molecule has 0 spiro atoms. The Morgan fingerprint density at radius 2 is 1.88 bits per heavy atom. The maximum atomic E-state index is 12.4. The molecule has 11 heteroatoms. The van der Waals surface area contributed by atoms with Crippen molar-refractivity contribution in [1.29, 1.82) is 0 Å². The van der Waals surface area contributed by atoms with Gasteiger partial charge in [0.15, 0.2) is 0 Å². The van der Waals surface area contributed by atoms with Crippen LogP contribution in [-0.2, 0) is 14.9 Å². The largest absolute Gasteiger partial charge is 0.480 e. The van der Waals surface area contributed by atoms with Gasteiger partial charge >= 0.3 is 12.1 Å². The number of carboxylic acids is 1. The third-order valence-electron chi connectivity index (χ3n) is 5.47. The average Bonchev–Trinajstić information content (AvgIpc) is 3.26. The summed E-state index contributed by atoms with van der Waals surface area (Å²) in [5.74, 6) is 4.49. The predicted molar refractivity (Wildman–Crippen MR) is 115 cm³/mol. The van der Waals surface area contributed by atoms with E-state index in [9.17, 15) is 14.7 Å². The van der Waals surface area contributed by atoms with Crippen molar-refractivity contribution in [2.45, 2.75) is 38.2 Å². The Labute approximate surface area is 192 Å². The highest BCUT2D eigenvalue weighted by Gasteiger charge is 2.56. The number of aliphatic carboxylic acids is 1. The third-order valence-corrected chi connectivity index (χ3v) is 5.47. The second-order valence-corrected chi connectivity index (χ2v) is 7.84. The number of nitrogens with zero attached hydrogens (tertiary/aromatic N) is 3. The molecule has 11 nitrogen and oxygen atoms in total. The molecule has 1 fully saturated rings. The Balaban J connectivity index is 1.30. The van der Waals surface area contributed by atoms with Crippen LogP contribution in [0.2, 0.25) is 0 Å². The molecule has 0 radical (unpaired) electrons. The number of nitrogens with one attached hydrogen (secondary N) is 1. The first kappa shape index (κ1) is 21.3. The van der Waals surface area contributed by atoms with E-state index in [-0.39, 0.29) is 34.7 Å². The Morgan fingerprint density at radius 3 is 2.56 bits per heavy atom. The van der Waals surface area contributed by atoms with Crippen molar-refractivity contribution in [1.82, 2.24) is 15.1 Å². The van der Waals surface area contributed by atoms with E-state index >= 15 is 0 Å². The Morgan fingerprint density at radius 1 is 1.15 bits per heavy atom. The van der Waals surface area contributed by atoms with Crippen LogP contribution in [0.1, 0.15) is 54.7 Å². The van der Waals surface area contributed by atoms with E-state index in [0.29, 0.717) is 18.5 Å². The van der Waals surface area contributed by atoms with Crippen molar-refractivity contribution < 1.29 is 32.8 Å². The zero-order valence-electron chi connectivity index (χ0n) is 18.1. The van der Waals surface area contributed by atoms with Crippen molar-refractivity contribution >= 4 is 29.2 Å². The fraction of sp³-hybridized carbons (Fsp3) is 0.261. The Hall–Kier alpha value is -4.59. The molecule has 0 bridgehead atoms. The number of aryl methyl sites for hydroxylation is 1. The summed E-state index contributed by atoms with van der Waals surface area (Å²) in [6, 6.07) is 9.31. The van der Waals surface area contributed by atoms with E-state index < -0.39 is 23.6 Å². The average molecular weight is 462 g/mol. The van der Waals surface area contributed by atoms with E-state index in [4.69, 9.17) is 18.1 Å². The van der Waals surface area contributed by atoms with Crippen LogP contribution in [0.5, 0.6) is 0 Å². The molecule has 1 saturated carbocycles. The molecule has 1 atom stereocenters. The number of anilines is 1. The first-order chi connectivity index (χ1) is 16.4. The highest BCUT2D eigenvalue weighted by atomic mass is 16.6. The predicted octanol–water partition coefficient (Wildman–Crippen LogP) is 3.94. The molecule has 0 aliphatic heterocycles. The standard InChI is InChI=1S/C23H18N4O7/c1-12-17(25-22(30)31-13(2)14-6-4-3-5-7-14)15(34-27-12)8-9-16-24-18-19(32-16)26-20(33-18)23(10-11-23)21(28)29/h3-7,13H,10-11H2,1-2H3,(H,25,30)(H,28,29). The fourth-order valence-electron chi connectivity index (χ4n) is 3.34. The molecular formula is C23H18N4O7. The van der Waals surface area contributed by atoms with Gasteiger partial charge in [-0.1, -0.05) is 35.5 Å². The van der Waals surface area contributed by atoms with Crippen LogP contribution in [0.25, 0.3) is 11.4 Å². The topological polar surface area (TPSA) is 154 Å². The van der Waals surface area contributed by atoms with Crippen molar-refractivity contribution in [2.24, 2.45) is 0 Å². The normalized spacial score (nSPS) is 14.8. The van der Waals surface area contributed by atoms with Gasteiger partial charge in [-0.05, 0) is 38.2 Å². The van der Waals surface area contributed by atoms with Crippen LogP contribution >= 0.6 is 0 Å². The molecule has 34 heavy (non-hydrogen) atoms. The minimum atomic E-state index is -1.10. The van der Waals surface area contributed by atoms with Gasteiger partial charge in [0.05, 0.1) is 0 Å². The summed E-state index contributed by atoms with van der Waals surface area (Å²) in [6.45, 7) is 3.40. The first-order valence-electron chi connectivity index (χ1n) is 10.4.